The predicted octanol–water partition coefficient (Wildman–Crippen LogP) is 4.76. The number of ether oxygens (including phenoxy) is 1. The molecule has 1 unspecified atom stereocenters. The van der Waals surface area contributed by atoms with Crippen molar-refractivity contribution in [3.63, 3.8) is 0 Å². The van der Waals surface area contributed by atoms with Crippen molar-refractivity contribution >= 4 is 0 Å². The Labute approximate surface area is 126 Å². The molecule has 22 heavy (non-hydrogen) atoms. The third-order valence-electron chi connectivity index (χ3n) is 3.23. The molecule has 0 saturated carbocycles. The number of hydrogen-bond donors (Lipinski definition) is 0. The Morgan fingerprint density at radius 2 is 1.82 bits per heavy atom. The molecule has 1 atom stereocenters. The number of hydrogen-bond acceptors (Lipinski definition) is 2. The second kappa shape index (κ2) is 6.52. The molecule has 0 spiro atoms. The van der Waals surface area contributed by atoms with E-state index in [1.54, 1.807) is 6.07 Å². The van der Waals surface area contributed by atoms with Crippen LogP contribution < -0.4 is 4.74 Å². The van der Waals surface area contributed by atoms with E-state index in [1.807, 2.05) is 37.3 Å². The van der Waals surface area contributed by atoms with Crippen LogP contribution in [0.1, 0.15) is 29.5 Å². The van der Waals surface area contributed by atoms with Gasteiger partial charge in [-0.3, -0.25) is 0 Å². The number of rotatable bonds is 4. The Bertz CT molecular complexity index is 675. The molecule has 0 bridgehead atoms. The highest BCUT2D eigenvalue weighted by Gasteiger charge is 2.31. The SMILES string of the molecule is CC(COc1cc(C#N)cc(C(F)(F)F)c1)c1ccccc1. The van der Waals surface area contributed by atoms with E-state index in [1.165, 1.54) is 6.07 Å². The van der Waals surface area contributed by atoms with Gasteiger partial charge >= 0.3 is 6.18 Å². The van der Waals surface area contributed by atoms with Crippen LogP contribution >= 0.6 is 0 Å². The molecule has 0 aliphatic carbocycles. The van der Waals surface area contributed by atoms with Crippen LogP contribution in [0.5, 0.6) is 5.75 Å². The summed E-state index contributed by atoms with van der Waals surface area (Å²) in [5.74, 6) is 0.0791. The highest BCUT2D eigenvalue weighted by atomic mass is 19.4. The molecule has 0 amide bonds. The molecule has 114 valence electrons. The third-order valence-corrected chi connectivity index (χ3v) is 3.23. The average Bonchev–Trinajstić information content (AvgIpc) is 2.52. The fraction of sp³-hybridized carbons (Fsp3) is 0.235. The van der Waals surface area contributed by atoms with Crippen molar-refractivity contribution in [2.75, 3.05) is 6.61 Å². The number of alkyl halides is 3. The molecule has 0 saturated heterocycles. The van der Waals surface area contributed by atoms with E-state index < -0.39 is 11.7 Å². The highest BCUT2D eigenvalue weighted by Crippen LogP contribution is 2.32. The van der Waals surface area contributed by atoms with Gasteiger partial charge in [-0.1, -0.05) is 37.3 Å². The van der Waals surface area contributed by atoms with Crippen LogP contribution in [0.3, 0.4) is 0 Å². The van der Waals surface area contributed by atoms with Crippen molar-refractivity contribution in [2.45, 2.75) is 19.0 Å². The first-order valence-corrected chi connectivity index (χ1v) is 6.70. The number of benzene rings is 2. The first kappa shape index (κ1) is 15.9. The quantitative estimate of drug-likeness (QED) is 0.816. The Balaban J connectivity index is 2.14. The summed E-state index contributed by atoms with van der Waals surface area (Å²) >= 11 is 0. The summed E-state index contributed by atoms with van der Waals surface area (Å²) in [4.78, 5) is 0. The third kappa shape index (κ3) is 4.01. The van der Waals surface area contributed by atoms with Crippen molar-refractivity contribution in [1.82, 2.24) is 0 Å². The number of nitriles is 1. The van der Waals surface area contributed by atoms with Crippen molar-refractivity contribution in [2.24, 2.45) is 0 Å². The molecule has 0 aromatic heterocycles. The predicted molar refractivity (Wildman–Crippen MR) is 76.5 cm³/mol. The van der Waals surface area contributed by atoms with Gasteiger partial charge in [-0.2, -0.15) is 18.4 Å². The van der Waals surface area contributed by atoms with Gasteiger partial charge in [0.25, 0.3) is 0 Å². The van der Waals surface area contributed by atoms with E-state index in [4.69, 9.17) is 10.00 Å². The zero-order valence-electron chi connectivity index (χ0n) is 11.9. The zero-order valence-corrected chi connectivity index (χ0v) is 11.9. The molecular weight excluding hydrogens is 291 g/mol. The minimum atomic E-state index is -4.50. The van der Waals surface area contributed by atoms with Gasteiger partial charge in [0.15, 0.2) is 0 Å². The molecule has 0 aliphatic rings. The second-order valence-corrected chi connectivity index (χ2v) is 4.98. The summed E-state index contributed by atoms with van der Waals surface area (Å²) in [7, 11) is 0. The van der Waals surface area contributed by atoms with Crippen molar-refractivity contribution in [3.8, 4) is 11.8 Å². The summed E-state index contributed by atoms with van der Waals surface area (Å²) in [5.41, 5.74) is 0.0843. The van der Waals surface area contributed by atoms with Gasteiger partial charge in [-0.05, 0) is 23.8 Å². The summed E-state index contributed by atoms with van der Waals surface area (Å²) in [6, 6.07) is 14.3. The monoisotopic (exact) mass is 305 g/mol. The van der Waals surface area contributed by atoms with Crippen molar-refractivity contribution < 1.29 is 17.9 Å². The molecular formula is C17H14F3NO. The fourth-order valence-corrected chi connectivity index (χ4v) is 2.01. The normalized spacial score (nSPS) is 12.5. The maximum absolute atomic E-state index is 12.8. The lowest BCUT2D eigenvalue weighted by atomic mass is 10.0. The lowest BCUT2D eigenvalue weighted by molar-refractivity contribution is -0.137. The molecule has 0 N–H and O–H groups in total. The number of halogens is 3. The van der Waals surface area contributed by atoms with Crippen LogP contribution in [0.15, 0.2) is 48.5 Å². The number of nitrogens with zero attached hydrogens (tertiary/aromatic N) is 1. The maximum atomic E-state index is 12.8. The summed E-state index contributed by atoms with van der Waals surface area (Å²) < 4.78 is 43.8. The van der Waals surface area contributed by atoms with Crippen LogP contribution in [0, 0.1) is 11.3 Å². The molecule has 5 heteroatoms. The molecule has 0 fully saturated rings. The minimum absolute atomic E-state index is 0.0290. The lowest BCUT2D eigenvalue weighted by Crippen LogP contribution is -2.09. The van der Waals surface area contributed by atoms with E-state index in [-0.39, 0.29) is 23.8 Å². The first-order chi connectivity index (χ1) is 10.4. The first-order valence-electron chi connectivity index (χ1n) is 6.70. The van der Waals surface area contributed by atoms with Gasteiger partial charge < -0.3 is 4.74 Å². The van der Waals surface area contributed by atoms with Crippen LogP contribution in [0.4, 0.5) is 13.2 Å². The largest absolute Gasteiger partial charge is 0.493 e. The molecule has 2 aromatic carbocycles. The van der Waals surface area contributed by atoms with Gasteiger partial charge in [0.05, 0.1) is 23.8 Å². The van der Waals surface area contributed by atoms with Crippen molar-refractivity contribution in [3.05, 3.63) is 65.2 Å². The van der Waals surface area contributed by atoms with Gasteiger partial charge in [0, 0.05) is 5.92 Å². The van der Waals surface area contributed by atoms with Crippen LogP contribution in [0.25, 0.3) is 0 Å². The fourth-order valence-electron chi connectivity index (χ4n) is 2.01. The van der Waals surface area contributed by atoms with E-state index >= 15 is 0 Å². The van der Waals surface area contributed by atoms with E-state index in [0.717, 1.165) is 17.7 Å². The molecule has 0 aliphatic heterocycles. The van der Waals surface area contributed by atoms with Crippen LogP contribution in [-0.4, -0.2) is 6.61 Å². The topological polar surface area (TPSA) is 33.0 Å². The zero-order chi connectivity index (χ0) is 16.2. The summed E-state index contributed by atoms with van der Waals surface area (Å²) in [5, 5.41) is 8.83. The molecule has 0 radical (unpaired) electrons. The van der Waals surface area contributed by atoms with E-state index in [2.05, 4.69) is 0 Å². The van der Waals surface area contributed by atoms with Gasteiger partial charge in [0.1, 0.15) is 5.75 Å². The molecule has 0 heterocycles. The average molecular weight is 305 g/mol. The molecule has 2 nitrogen and oxygen atoms in total. The van der Waals surface area contributed by atoms with Crippen LogP contribution in [-0.2, 0) is 6.18 Å². The minimum Gasteiger partial charge on any atom is -0.493 e. The van der Waals surface area contributed by atoms with E-state index in [0.29, 0.717) is 0 Å². The Hall–Kier alpha value is -2.48. The van der Waals surface area contributed by atoms with Crippen molar-refractivity contribution in [1.29, 1.82) is 5.26 Å². The Kier molecular flexibility index (Phi) is 4.71. The lowest BCUT2D eigenvalue weighted by Gasteiger charge is -2.15. The van der Waals surface area contributed by atoms with E-state index in [9.17, 15) is 13.2 Å². The highest BCUT2D eigenvalue weighted by molar-refractivity contribution is 5.41. The summed E-state index contributed by atoms with van der Waals surface area (Å²) in [6.45, 7) is 2.16. The maximum Gasteiger partial charge on any atom is 0.416 e. The van der Waals surface area contributed by atoms with Gasteiger partial charge in [0.2, 0.25) is 0 Å². The Morgan fingerprint density at radius 3 is 2.41 bits per heavy atom. The van der Waals surface area contributed by atoms with Gasteiger partial charge in [-0.25, -0.2) is 0 Å². The second-order valence-electron chi connectivity index (χ2n) is 4.98. The van der Waals surface area contributed by atoms with Crippen LogP contribution in [0.2, 0.25) is 0 Å². The summed E-state index contributed by atoms with van der Waals surface area (Å²) in [6.07, 6.45) is -4.50. The Morgan fingerprint density at radius 1 is 1.14 bits per heavy atom. The molecule has 2 rings (SSSR count). The standard InChI is InChI=1S/C17H14F3NO/c1-12(14-5-3-2-4-6-14)11-22-16-8-13(10-21)7-15(9-16)17(18,19)20/h2-9,12H,11H2,1H3. The molecule has 2 aromatic rings. The van der Waals surface area contributed by atoms with Gasteiger partial charge in [-0.15, -0.1) is 0 Å². The smallest absolute Gasteiger partial charge is 0.416 e.